The third kappa shape index (κ3) is 4.05. The average Bonchev–Trinajstić information content (AvgIpc) is 3.08. The summed E-state index contributed by atoms with van der Waals surface area (Å²) >= 11 is 0. The molecule has 1 aromatic heterocycles. The number of carbonyl (C=O) groups excluding carboxylic acids is 1. The molecule has 0 atom stereocenters. The quantitative estimate of drug-likeness (QED) is 0.657. The van der Waals surface area contributed by atoms with Crippen LogP contribution in [0.25, 0.3) is 23.2 Å². The molecule has 0 aliphatic carbocycles. The Kier molecular flexibility index (Phi) is 5.35. The number of carbonyl (C=O) groups is 1. The average molecular weight is 374 g/mol. The number of methoxy groups -OCH3 is 2. The Morgan fingerprint density at radius 2 is 1.96 bits per heavy atom. The highest BCUT2D eigenvalue weighted by Crippen LogP contribution is 2.30. The van der Waals surface area contributed by atoms with Gasteiger partial charge in [-0.15, -0.1) is 0 Å². The molecular weight excluding hydrogens is 358 g/mol. The minimum absolute atomic E-state index is 0.0627. The van der Waals surface area contributed by atoms with Gasteiger partial charge >= 0.3 is 12.6 Å². The Hall–Kier alpha value is -3.42. The number of esters is 1. The molecule has 8 heteroatoms. The van der Waals surface area contributed by atoms with Gasteiger partial charge in [0.1, 0.15) is 11.3 Å². The van der Waals surface area contributed by atoms with E-state index in [2.05, 4.69) is 14.7 Å². The normalized spacial score (nSPS) is 11.3. The van der Waals surface area contributed by atoms with E-state index in [1.807, 2.05) is 0 Å². The summed E-state index contributed by atoms with van der Waals surface area (Å²) < 4.78 is 39.3. The Balaban J connectivity index is 1.91. The van der Waals surface area contributed by atoms with Gasteiger partial charge in [0.2, 0.25) is 0 Å². The molecule has 0 saturated heterocycles. The van der Waals surface area contributed by atoms with Gasteiger partial charge in [-0.3, -0.25) is 0 Å². The Labute approximate surface area is 153 Å². The number of para-hydroxylation sites is 1. The van der Waals surface area contributed by atoms with Crippen LogP contribution in [-0.2, 0) is 4.74 Å². The number of halogens is 2. The van der Waals surface area contributed by atoms with Crippen LogP contribution in [0.3, 0.4) is 0 Å². The van der Waals surface area contributed by atoms with E-state index in [1.54, 1.807) is 36.4 Å². The van der Waals surface area contributed by atoms with E-state index in [0.717, 1.165) is 0 Å². The largest absolute Gasteiger partial charge is 0.493 e. The number of alkyl halides is 2. The number of imidazole rings is 1. The topological polar surface area (TPSA) is 73.4 Å². The maximum absolute atomic E-state index is 12.5. The van der Waals surface area contributed by atoms with Gasteiger partial charge in [-0.2, -0.15) is 8.78 Å². The van der Waals surface area contributed by atoms with Crippen LogP contribution in [0.2, 0.25) is 0 Å². The van der Waals surface area contributed by atoms with Crippen LogP contribution in [0.1, 0.15) is 21.7 Å². The van der Waals surface area contributed by atoms with Gasteiger partial charge in [-0.05, 0) is 35.9 Å². The summed E-state index contributed by atoms with van der Waals surface area (Å²) in [6.45, 7) is -2.95. The SMILES string of the molecule is COC(=O)c1cccc2[nH]c(C=Cc3ccc(OC)c(OC(F)F)c3)nc12. The fourth-order valence-corrected chi connectivity index (χ4v) is 2.57. The lowest BCUT2D eigenvalue weighted by molar-refractivity contribution is -0.0512. The number of ether oxygens (including phenoxy) is 3. The van der Waals surface area contributed by atoms with E-state index in [1.165, 1.54) is 26.4 Å². The van der Waals surface area contributed by atoms with Crippen molar-refractivity contribution >= 4 is 29.2 Å². The lowest BCUT2D eigenvalue weighted by Gasteiger charge is -2.10. The summed E-state index contributed by atoms with van der Waals surface area (Å²) in [4.78, 5) is 19.3. The second kappa shape index (κ2) is 7.86. The molecule has 3 rings (SSSR count). The molecule has 0 bridgehead atoms. The number of nitrogens with one attached hydrogen (secondary N) is 1. The number of aromatic amines is 1. The van der Waals surface area contributed by atoms with Crippen LogP contribution in [0.5, 0.6) is 11.5 Å². The molecule has 0 saturated carbocycles. The van der Waals surface area contributed by atoms with Crippen LogP contribution in [0.15, 0.2) is 36.4 Å². The second-order valence-corrected chi connectivity index (χ2v) is 5.44. The lowest BCUT2D eigenvalue weighted by Crippen LogP contribution is -2.03. The van der Waals surface area contributed by atoms with E-state index in [4.69, 9.17) is 9.47 Å². The monoisotopic (exact) mass is 374 g/mol. The van der Waals surface area contributed by atoms with Crippen LogP contribution in [-0.4, -0.2) is 36.8 Å². The van der Waals surface area contributed by atoms with Crippen molar-refractivity contribution < 1.29 is 27.8 Å². The fraction of sp³-hybridized carbons (Fsp3) is 0.158. The number of hydrogen-bond acceptors (Lipinski definition) is 5. The first kappa shape index (κ1) is 18.4. The summed E-state index contributed by atoms with van der Waals surface area (Å²) in [6, 6.07) is 9.79. The number of hydrogen-bond donors (Lipinski definition) is 1. The van der Waals surface area contributed by atoms with Crippen molar-refractivity contribution in [3.8, 4) is 11.5 Å². The van der Waals surface area contributed by atoms with Crippen molar-refractivity contribution in [2.24, 2.45) is 0 Å². The molecule has 140 valence electrons. The fourth-order valence-electron chi connectivity index (χ4n) is 2.57. The lowest BCUT2D eigenvalue weighted by atomic mass is 10.2. The van der Waals surface area contributed by atoms with E-state index in [-0.39, 0.29) is 11.5 Å². The number of rotatable bonds is 6. The molecule has 3 aromatic rings. The Morgan fingerprint density at radius 1 is 1.15 bits per heavy atom. The van der Waals surface area contributed by atoms with Crippen LogP contribution >= 0.6 is 0 Å². The number of H-pyrrole nitrogens is 1. The molecule has 0 fully saturated rings. The van der Waals surface area contributed by atoms with Crippen molar-refractivity contribution in [2.75, 3.05) is 14.2 Å². The van der Waals surface area contributed by atoms with Gasteiger partial charge < -0.3 is 19.2 Å². The molecular formula is C19H16F2N2O4. The minimum atomic E-state index is -2.95. The van der Waals surface area contributed by atoms with Gasteiger partial charge in [0.15, 0.2) is 11.5 Å². The smallest absolute Gasteiger partial charge is 0.387 e. The summed E-state index contributed by atoms with van der Waals surface area (Å²) in [5, 5.41) is 0. The molecule has 0 aliphatic rings. The summed E-state index contributed by atoms with van der Waals surface area (Å²) in [6.07, 6.45) is 3.34. The number of benzene rings is 2. The zero-order valence-electron chi connectivity index (χ0n) is 14.5. The third-order valence-corrected chi connectivity index (χ3v) is 3.77. The number of fused-ring (bicyclic) bond motifs is 1. The summed E-state index contributed by atoms with van der Waals surface area (Å²) in [7, 11) is 2.67. The third-order valence-electron chi connectivity index (χ3n) is 3.77. The molecule has 1 N–H and O–H groups in total. The highest BCUT2D eigenvalue weighted by atomic mass is 19.3. The minimum Gasteiger partial charge on any atom is -0.493 e. The Bertz CT molecular complexity index is 999. The maximum atomic E-state index is 12.5. The summed E-state index contributed by atoms with van der Waals surface area (Å²) in [5.74, 6) is 0.159. The standard InChI is InChI=1S/C19H16F2N2O4/c1-25-14-8-6-11(10-15(14)27-19(20)21)7-9-16-22-13-5-3-4-12(17(13)23-16)18(24)26-2/h3-10,19H,1-2H3,(H,22,23). The van der Waals surface area contributed by atoms with Gasteiger partial charge in [-0.25, -0.2) is 9.78 Å². The Morgan fingerprint density at radius 3 is 2.67 bits per heavy atom. The number of aromatic nitrogens is 2. The zero-order chi connectivity index (χ0) is 19.4. The highest BCUT2D eigenvalue weighted by molar-refractivity contribution is 6.02. The van der Waals surface area contributed by atoms with Crippen molar-refractivity contribution in [2.45, 2.75) is 6.61 Å². The molecule has 0 spiro atoms. The van der Waals surface area contributed by atoms with Crippen LogP contribution < -0.4 is 9.47 Å². The first-order chi connectivity index (χ1) is 13.0. The molecule has 27 heavy (non-hydrogen) atoms. The van der Waals surface area contributed by atoms with Gasteiger partial charge in [0, 0.05) is 0 Å². The molecule has 0 radical (unpaired) electrons. The van der Waals surface area contributed by atoms with Gasteiger partial charge in [0.05, 0.1) is 25.3 Å². The molecule has 0 aliphatic heterocycles. The molecule has 0 unspecified atom stereocenters. The van der Waals surface area contributed by atoms with Crippen molar-refractivity contribution in [1.82, 2.24) is 9.97 Å². The van der Waals surface area contributed by atoms with Crippen LogP contribution in [0.4, 0.5) is 8.78 Å². The van der Waals surface area contributed by atoms with E-state index >= 15 is 0 Å². The first-order valence-electron chi connectivity index (χ1n) is 7.90. The van der Waals surface area contributed by atoms with E-state index in [9.17, 15) is 13.6 Å². The van der Waals surface area contributed by atoms with Gasteiger partial charge in [0.25, 0.3) is 0 Å². The first-order valence-corrected chi connectivity index (χ1v) is 7.90. The molecule has 2 aromatic carbocycles. The van der Waals surface area contributed by atoms with Crippen molar-refractivity contribution in [3.05, 3.63) is 53.3 Å². The van der Waals surface area contributed by atoms with Crippen molar-refractivity contribution in [3.63, 3.8) is 0 Å². The summed E-state index contributed by atoms with van der Waals surface area (Å²) in [5.41, 5.74) is 2.12. The zero-order valence-corrected chi connectivity index (χ0v) is 14.5. The molecule has 1 heterocycles. The highest BCUT2D eigenvalue weighted by Gasteiger charge is 2.13. The second-order valence-electron chi connectivity index (χ2n) is 5.44. The predicted molar refractivity (Wildman–Crippen MR) is 96.0 cm³/mol. The van der Waals surface area contributed by atoms with Gasteiger partial charge in [-0.1, -0.05) is 18.2 Å². The molecule has 0 amide bonds. The van der Waals surface area contributed by atoms with Crippen molar-refractivity contribution in [1.29, 1.82) is 0 Å². The maximum Gasteiger partial charge on any atom is 0.387 e. The van der Waals surface area contributed by atoms with E-state index < -0.39 is 12.6 Å². The van der Waals surface area contributed by atoms with Crippen LogP contribution in [0, 0.1) is 0 Å². The van der Waals surface area contributed by atoms with E-state index in [0.29, 0.717) is 28.0 Å². The molecule has 6 nitrogen and oxygen atoms in total. The number of nitrogens with zero attached hydrogens (tertiary/aromatic N) is 1. The predicted octanol–water partition coefficient (Wildman–Crippen LogP) is 4.13.